The van der Waals surface area contributed by atoms with Crippen molar-refractivity contribution in [3.8, 4) is 0 Å². The van der Waals surface area contributed by atoms with Crippen molar-refractivity contribution >= 4 is 0 Å². The number of hydrogen-bond acceptors (Lipinski definition) is 0. The molecule has 0 radical (unpaired) electrons. The second-order valence-corrected chi connectivity index (χ2v) is 39.6. The molecule has 0 N–H and O–H groups in total. The van der Waals surface area contributed by atoms with E-state index in [0.29, 0.717) is 0 Å². The van der Waals surface area contributed by atoms with Gasteiger partial charge >= 0.3 is 209 Å². The quantitative estimate of drug-likeness (QED) is 0.177. The molecule has 0 aromatic carbocycles. The van der Waals surface area contributed by atoms with Gasteiger partial charge in [0.25, 0.3) is 0 Å². The summed E-state index contributed by atoms with van der Waals surface area (Å²) < 4.78 is 7.65. The Kier molecular flexibility index (Phi) is 1.77. The minimum atomic E-state index is -4.33. The maximum absolute atomic E-state index is 4.33. The Bertz CT molecular complexity index is 1280. The summed E-state index contributed by atoms with van der Waals surface area (Å²) in [6.07, 6.45) is 25.8. The Balaban J connectivity index is 1.50. The Labute approximate surface area is 208 Å². The third kappa shape index (κ3) is 0.309. The van der Waals surface area contributed by atoms with Gasteiger partial charge < -0.3 is 0 Å². The van der Waals surface area contributed by atoms with Gasteiger partial charge in [-0.15, -0.1) is 0 Å². The van der Waals surface area contributed by atoms with Crippen LogP contribution >= 0.6 is 0 Å². The molecule has 10 rings (SSSR count). The molecule has 10 aliphatic rings. The van der Waals surface area contributed by atoms with Crippen LogP contribution in [0.5, 0.6) is 0 Å². The Morgan fingerprint density at radius 2 is 0.571 bits per heavy atom. The molecule has 0 amide bonds. The zero-order chi connectivity index (χ0) is 24.8. The van der Waals surface area contributed by atoms with Crippen molar-refractivity contribution in [1.29, 1.82) is 0 Å². The third-order valence-electron chi connectivity index (χ3n) is 23.2. The first-order valence-electron chi connectivity index (χ1n) is 17.0. The topological polar surface area (TPSA) is 0 Å². The molecule has 1 heteroatoms. The molecule has 0 saturated carbocycles. The van der Waals surface area contributed by atoms with Crippen LogP contribution in [-0.2, 0) is 6.51 Å². The molecular formula is C34H58Fe. The average molecular weight is 523 g/mol. The fourth-order valence-corrected chi connectivity index (χ4v) is 128. The first-order chi connectivity index (χ1) is 16.8. The molecule has 4 atom stereocenters. The number of fused-ring (bicyclic) bond motifs is 10. The van der Waals surface area contributed by atoms with Crippen molar-refractivity contribution in [3.05, 3.63) is 0 Å². The van der Waals surface area contributed by atoms with Crippen LogP contribution in [0.1, 0.15) is 158 Å². The summed E-state index contributed by atoms with van der Waals surface area (Å²) >= 11 is 0. The Morgan fingerprint density at radius 3 is 0.800 bits per heavy atom. The predicted molar refractivity (Wildman–Crippen MR) is 148 cm³/mol. The second-order valence-electron chi connectivity index (χ2n) is 17.4. The standard InChI is InChI=1S/C20H35.C14H23.Fe/c1-6-11-16-17(12-7-2)19(14-9-4)20(15-10-5)18(16)13-8-3;1-4-7-12-10-11-13(8-5-2)14(12)9-6-3;/h6-15H2,1-5H3;10-11H,4-9H2,1-3H3;. The van der Waals surface area contributed by atoms with Gasteiger partial charge in [-0.05, 0) is 0 Å². The van der Waals surface area contributed by atoms with Crippen LogP contribution in [0.25, 0.3) is 0 Å². The first-order valence-corrected chi connectivity index (χ1v) is 22.7. The molecule has 4 unspecified atom stereocenters. The van der Waals surface area contributed by atoms with E-state index < -0.39 is 6.51 Å². The molecule has 0 nitrogen and oxygen atoms in total. The van der Waals surface area contributed by atoms with Gasteiger partial charge in [-0.2, -0.15) is 0 Å². The van der Waals surface area contributed by atoms with Crippen LogP contribution in [0.15, 0.2) is 0 Å². The summed E-state index contributed by atoms with van der Waals surface area (Å²) in [4.78, 5) is 2.74. The van der Waals surface area contributed by atoms with Crippen molar-refractivity contribution < 1.29 is 6.51 Å². The zero-order valence-electron chi connectivity index (χ0n) is 24.8. The molecule has 1 spiro atoms. The average Bonchev–Trinajstić information content (AvgIpc) is 3.80. The molecule has 0 aromatic rings. The van der Waals surface area contributed by atoms with Crippen LogP contribution in [0.2, 0.25) is 44.1 Å². The van der Waals surface area contributed by atoms with E-state index in [9.17, 15) is 0 Å². The normalized spacial score (nSPS) is 79.1. The van der Waals surface area contributed by atoms with Gasteiger partial charge in [0, 0.05) is 0 Å². The molecular weight excluding hydrogens is 464 g/mol. The fraction of sp³-hybridized carbons (Fsp3) is 1.00. The second kappa shape index (κ2) is 2.91. The first kappa shape index (κ1) is 21.4. The van der Waals surface area contributed by atoms with Gasteiger partial charge in [-0.1, -0.05) is 0 Å². The predicted octanol–water partition coefficient (Wildman–Crippen LogP) is 12.7. The van der Waals surface area contributed by atoms with Crippen LogP contribution in [-0.4, -0.2) is 0 Å². The monoisotopic (exact) mass is 522 g/mol. The van der Waals surface area contributed by atoms with E-state index in [-0.39, 0.29) is 0 Å². The summed E-state index contributed by atoms with van der Waals surface area (Å²) in [6, 6.07) is 0. The van der Waals surface area contributed by atoms with E-state index in [2.05, 4.69) is 55.4 Å². The molecule has 35 heavy (non-hydrogen) atoms. The molecule has 0 bridgehead atoms. The van der Waals surface area contributed by atoms with Crippen molar-refractivity contribution in [3.63, 3.8) is 0 Å². The molecule has 10 fully saturated rings. The van der Waals surface area contributed by atoms with Crippen LogP contribution in [0.3, 0.4) is 0 Å². The number of rotatable bonds is 16. The zero-order valence-corrected chi connectivity index (χ0v) is 25.9. The molecule has 0 aromatic heterocycles. The maximum atomic E-state index is 2.63. The van der Waals surface area contributed by atoms with Gasteiger partial charge in [-0.25, -0.2) is 0 Å². The van der Waals surface area contributed by atoms with Gasteiger partial charge in [0.1, 0.15) is 0 Å². The van der Waals surface area contributed by atoms with Gasteiger partial charge in [0.2, 0.25) is 0 Å². The Morgan fingerprint density at radius 1 is 0.343 bits per heavy atom. The SMILES string of the molecule is CCC[C]12[CH]3[CH]4[C]5(CCC)[C]1(CCC)[Fe]34251678[C]2(CCC)[C]1(CCC)[C]6(CCC)[C]7(CCC)[C]28CCC. The molecule has 10 saturated heterocycles. The molecule has 10 heterocycles. The van der Waals surface area contributed by atoms with Crippen molar-refractivity contribution in [2.75, 3.05) is 0 Å². The summed E-state index contributed by atoms with van der Waals surface area (Å²) in [6.45, 7) is 16.7. The Hall–Kier alpha value is 0.519. The van der Waals surface area contributed by atoms with Gasteiger partial charge in [0.15, 0.2) is 0 Å². The van der Waals surface area contributed by atoms with Crippen molar-refractivity contribution in [1.82, 2.24) is 0 Å². The fourth-order valence-electron chi connectivity index (χ4n) is 31.2. The molecule has 0 aliphatic carbocycles. The van der Waals surface area contributed by atoms with Gasteiger partial charge in [-0.3, -0.25) is 0 Å². The van der Waals surface area contributed by atoms with Gasteiger partial charge in [0.05, 0.1) is 0 Å². The molecule has 202 valence electrons. The summed E-state index contributed by atoms with van der Waals surface area (Å²) in [5, 5.41) is 0. The summed E-state index contributed by atoms with van der Waals surface area (Å²) in [7, 11) is 0. The van der Waals surface area contributed by atoms with E-state index >= 15 is 0 Å². The molecule has 10 aliphatic heterocycles. The van der Waals surface area contributed by atoms with E-state index in [0.717, 1.165) is 34.5 Å². The van der Waals surface area contributed by atoms with E-state index in [1.165, 1.54) is 61.0 Å². The van der Waals surface area contributed by atoms with Crippen molar-refractivity contribution in [2.24, 2.45) is 0 Å². The number of hydrogen-bond donors (Lipinski definition) is 0. The van der Waals surface area contributed by atoms with Crippen LogP contribution in [0.4, 0.5) is 0 Å². The summed E-state index contributed by atoms with van der Waals surface area (Å²) in [5.74, 6) is 0. The third-order valence-corrected chi connectivity index (χ3v) is 73.3. The van der Waals surface area contributed by atoms with Crippen LogP contribution < -0.4 is 0 Å². The summed E-state index contributed by atoms with van der Waals surface area (Å²) in [5.41, 5.74) is 0. The van der Waals surface area contributed by atoms with E-state index in [1.807, 2.05) is 0 Å². The van der Waals surface area contributed by atoms with E-state index in [4.69, 9.17) is 0 Å². The van der Waals surface area contributed by atoms with Crippen LogP contribution in [0, 0.1) is 0 Å². The van der Waals surface area contributed by atoms with E-state index in [1.54, 1.807) is 51.4 Å². The minimum absolute atomic E-state index is 0.953. The van der Waals surface area contributed by atoms with Crippen molar-refractivity contribution in [2.45, 2.75) is 202 Å².